The minimum Gasteiger partial charge on any atom is -0.307 e. The van der Waals surface area contributed by atoms with Crippen LogP contribution < -0.4 is 5.32 Å². The fourth-order valence-corrected chi connectivity index (χ4v) is 3.47. The minimum atomic E-state index is 0.362. The number of nitrogens with zero attached hydrogens (tertiary/aromatic N) is 4. The predicted octanol–water partition coefficient (Wildman–Crippen LogP) is 3.22. The third-order valence-electron chi connectivity index (χ3n) is 5.19. The van der Waals surface area contributed by atoms with Crippen LogP contribution in [0.3, 0.4) is 0 Å². The number of hydrogen-bond acceptors (Lipinski definition) is 4. The third-order valence-corrected chi connectivity index (χ3v) is 5.19. The van der Waals surface area contributed by atoms with E-state index in [0.717, 1.165) is 13.0 Å². The van der Waals surface area contributed by atoms with Crippen LogP contribution >= 0.6 is 0 Å². The van der Waals surface area contributed by atoms with Gasteiger partial charge in [-0.15, -0.1) is 0 Å². The molecule has 25 heavy (non-hydrogen) atoms. The highest BCUT2D eigenvalue weighted by Crippen LogP contribution is 2.18. The normalized spacial score (nSPS) is 17.9. The van der Waals surface area contributed by atoms with Crippen molar-refractivity contribution in [3.05, 3.63) is 48.0 Å². The van der Waals surface area contributed by atoms with Gasteiger partial charge in [0.05, 0.1) is 6.20 Å². The molecule has 1 unspecified atom stereocenters. The summed E-state index contributed by atoms with van der Waals surface area (Å²) in [5.41, 5.74) is 2.67. The van der Waals surface area contributed by atoms with Gasteiger partial charge in [-0.25, -0.2) is 0 Å². The molecule has 0 aliphatic carbocycles. The average Bonchev–Trinajstić information content (AvgIpc) is 3.13. The van der Waals surface area contributed by atoms with Crippen molar-refractivity contribution in [2.24, 2.45) is 0 Å². The molecule has 1 N–H and O–H groups in total. The van der Waals surface area contributed by atoms with Crippen molar-refractivity contribution in [1.29, 1.82) is 0 Å². The van der Waals surface area contributed by atoms with Crippen molar-refractivity contribution >= 4 is 0 Å². The molecule has 0 bridgehead atoms. The summed E-state index contributed by atoms with van der Waals surface area (Å²) < 4.78 is 2.04. The monoisotopic (exact) mass is 341 g/mol. The smallest absolute Gasteiger partial charge is 0.0537 e. The van der Waals surface area contributed by atoms with Crippen LogP contribution in [0.4, 0.5) is 0 Å². The molecule has 0 aromatic carbocycles. The molecule has 3 rings (SSSR count). The van der Waals surface area contributed by atoms with Gasteiger partial charge in [-0.3, -0.25) is 9.67 Å². The first-order chi connectivity index (χ1) is 12.1. The van der Waals surface area contributed by atoms with Crippen LogP contribution in [0.2, 0.25) is 0 Å². The van der Waals surface area contributed by atoms with Gasteiger partial charge in [0.2, 0.25) is 0 Å². The highest BCUT2D eigenvalue weighted by atomic mass is 15.3. The first kappa shape index (κ1) is 18.1. The Hall–Kier alpha value is -1.72. The van der Waals surface area contributed by atoms with Crippen molar-refractivity contribution < 1.29 is 0 Å². The van der Waals surface area contributed by atoms with Crippen LogP contribution in [0.5, 0.6) is 0 Å². The first-order valence-corrected chi connectivity index (χ1v) is 9.53. The van der Waals surface area contributed by atoms with Crippen LogP contribution in [-0.2, 0) is 6.42 Å². The molecule has 0 amide bonds. The lowest BCUT2D eigenvalue weighted by Crippen LogP contribution is -2.43. The van der Waals surface area contributed by atoms with Gasteiger partial charge in [-0.05, 0) is 70.8 Å². The highest BCUT2D eigenvalue weighted by Gasteiger charge is 2.21. The van der Waals surface area contributed by atoms with E-state index in [1.807, 2.05) is 23.3 Å². The predicted molar refractivity (Wildman–Crippen MR) is 102 cm³/mol. The summed E-state index contributed by atoms with van der Waals surface area (Å²) in [4.78, 5) is 6.67. The number of likely N-dealkylation sites (tertiary alicyclic amines) is 1. The van der Waals surface area contributed by atoms with E-state index in [0.29, 0.717) is 18.1 Å². The van der Waals surface area contributed by atoms with Crippen LogP contribution in [-0.4, -0.2) is 45.3 Å². The summed E-state index contributed by atoms with van der Waals surface area (Å²) in [7, 11) is 0. The minimum absolute atomic E-state index is 0.362. The van der Waals surface area contributed by atoms with E-state index in [1.165, 1.54) is 37.1 Å². The van der Waals surface area contributed by atoms with Crippen LogP contribution in [0.25, 0.3) is 0 Å². The second-order valence-electron chi connectivity index (χ2n) is 7.46. The zero-order chi connectivity index (χ0) is 17.6. The number of piperidine rings is 1. The summed E-state index contributed by atoms with van der Waals surface area (Å²) >= 11 is 0. The van der Waals surface area contributed by atoms with Gasteiger partial charge in [-0.2, -0.15) is 5.10 Å². The molecule has 5 heteroatoms. The maximum absolute atomic E-state index is 4.46. The van der Waals surface area contributed by atoms with Crippen LogP contribution in [0.15, 0.2) is 36.9 Å². The molecule has 0 spiro atoms. The van der Waals surface area contributed by atoms with Gasteiger partial charge in [0.1, 0.15) is 0 Å². The molecule has 1 aliphatic rings. The van der Waals surface area contributed by atoms with E-state index >= 15 is 0 Å². The molecule has 5 nitrogen and oxygen atoms in total. The van der Waals surface area contributed by atoms with Crippen molar-refractivity contribution in [1.82, 2.24) is 25.0 Å². The summed E-state index contributed by atoms with van der Waals surface area (Å²) in [6, 6.07) is 5.63. The lowest BCUT2D eigenvalue weighted by Gasteiger charge is -2.33. The molecular weight excluding hydrogens is 310 g/mol. The first-order valence-electron chi connectivity index (χ1n) is 9.53. The number of rotatable bonds is 7. The van der Waals surface area contributed by atoms with Gasteiger partial charge in [0, 0.05) is 48.8 Å². The Labute approximate surface area is 151 Å². The Balaban J connectivity index is 1.41. The largest absolute Gasteiger partial charge is 0.307 e. The second-order valence-corrected chi connectivity index (χ2v) is 7.46. The SMILES string of the molecule is CC(NC1CCN(CCc2ccncc2)CC1)c1cnn(C(C)C)c1. The summed E-state index contributed by atoms with van der Waals surface area (Å²) in [6.45, 7) is 10.1. The Morgan fingerprint density at radius 2 is 1.88 bits per heavy atom. The molecule has 1 aliphatic heterocycles. The Morgan fingerprint density at radius 3 is 2.52 bits per heavy atom. The van der Waals surface area contributed by atoms with Gasteiger partial charge < -0.3 is 10.2 Å². The highest BCUT2D eigenvalue weighted by molar-refractivity contribution is 5.11. The second kappa shape index (κ2) is 8.59. The van der Waals surface area contributed by atoms with Gasteiger partial charge in [0.15, 0.2) is 0 Å². The average molecular weight is 342 g/mol. The zero-order valence-electron chi connectivity index (χ0n) is 15.7. The van der Waals surface area contributed by atoms with E-state index in [2.05, 4.69) is 59.4 Å². The number of hydrogen-bond donors (Lipinski definition) is 1. The van der Waals surface area contributed by atoms with Crippen molar-refractivity contribution in [2.75, 3.05) is 19.6 Å². The van der Waals surface area contributed by atoms with Crippen LogP contribution in [0.1, 0.15) is 56.8 Å². The van der Waals surface area contributed by atoms with Gasteiger partial charge >= 0.3 is 0 Å². The van der Waals surface area contributed by atoms with E-state index in [-0.39, 0.29) is 0 Å². The molecule has 1 fully saturated rings. The molecule has 0 radical (unpaired) electrons. The fourth-order valence-electron chi connectivity index (χ4n) is 3.47. The Morgan fingerprint density at radius 1 is 1.16 bits per heavy atom. The topological polar surface area (TPSA) is 46.0 Å². The standard InChI is InChI=1S/C20H31N5/c1-16(2)25-15-19(14-22-25)17(3)23-20-7-12-24(13-8-20)11-6-18-4-9-21-10-5-18/h4-5,9-10,14-17,20,23H,6-8,11-13H2,1-3H3. The maximum Gasteiger partial charge on any atom is 0.0537 e. The molecule has 1 saturated heterocycles. The molecule has 2 aromatic heterocycles. The number of aromatic nitrogens is 3. The quantitative estimate of drug-likeness (QED) is 0.840. The molecule has 136 valence electrons. The van der Waals surface area contributed by atoms with Crippen LogP contribution in [0, 0.1) is 0 Å². The van der Waals surface area contributed by atoms with E-state index in [9.17, 15) is 0 Å². The van der Waals surface area contributed by atoms with Gasteiger partial charge in [-0.1, -0.05) is 0 Å². The maximum atomic E-state index is 4.46. The molecule has 0 saturated carbocycles. The molecule has 3 heterocycles. The Bertz CT molecular complexity index is 629. The van der Waals surface area contributed by atoms with E-state index in [4.69, 9.17) is 0 Å². The van der Waals surface area contributed by atoms with Crippen molar-refractivity contribution in [3.63, 3.8) is 0 Å². The summed E-state index contributed by atoms with van der Waals surface area (Å²) in [6.07, 6.45) is 11.5. The summed E-state index contributed by atoms with van der Waals surface area (Å²) in [5.74, 6) is 0. The van der Waals surface area contributed by atoms with Gasteiger partial charge in [0.25, 0.3) is 0 Å². The molecule has 2 aromatic rings. The number of nitrogens with one attached hydrogen (secondary N) is 1. The molecular formula is C20H31N5. The lowest BCUT2D eigenvalue weighted by atomic mass is 10.0. The van der Waals surface area contributed by atoms with Crippen molar-refractivity contribution in [2.45, 2.75) is 58.2 Å². The van der Waals surface area contributed by atoms with E-state index < -0.39 is 0 Å². The molecule has 1 atom stereocenters. The number of pyridine rings is 1. The van der Waals surface area contributed by atoms with Crippen molar-refractivity contribution in [3.8, 4) is 0 Å². The van der Waals surface area contributed by atoms with E-state index in [1.54, 1.807) is 0 Å². The summed E-state index contributed by atoms with van der Waals surface area (Å²) in [5, 5.41) is 8.25. The lowest BCUT2D eigenvalue weighted by molar-refractivity contribution is 0.194. The fraction of sp³-hybridized carbons (Fsp3) is 0.600. The zero-order valence-corrected chi connectivity index (χ0v) is 15.7. The third kappa shape index (κ3) is 5.13. The Kier molecular flexibility index (Phi) is 6.21.